The van der Waals surface area contributed by atoms with Crippen LogP contribution in [0.1, 0.15) is 52.9 Å². The van der Waals surface area contributed by atoms with Crippen molar-refractivity contribution in [3.63, 3.8) is 0 Å². The van der Waals surface area contributed by atoms with Gasteiger partial charge < -0.3 is 4.90 Å². The summed E-state index contributed by atoms with van der Waals surface area (Å²) < 4.78 is 0. The molecular formula is C13H22N2O. The number of nitrogens with one attached hydrogen (secondary N) is 1. The smallest absolute Gasteiger partial charge is 0.244 e. The molecule has 2 atom stereocenters. The average Bonchev–Trinajstić information content (AvgIpc) is 2.62. The Morgan fingerprint density at radius 3 is 2.38 bits per heavy atom. The van der Waals surface area contributed by atoms with Gasteiger partial charge >= 0.3 is 0 Å². The number of amides is 1. The Labute approximate surface area is 97.6 Å². The Morgan fingerprint density at radius 1 is 1.31 bits per heavy atom. The van der Waals surface area contributed by atoms with Gasteiger partial charge in [0.2, 0.25) is 5.91 Å². The zero-order valence-electron chi connectivity index (χ0n) is 10.5. The average molecular weight is 222 g/mol. The lowest BCUT2D eigenvalue weighted by molar-refractivity contribution is -0.134. The quantitative estimate of drug-likeness (QED) is 0.734. The van der Waals surface area contributed by atoms with Crippen LogP contribution in [0.25, 0.3) is 0 Å². The van der Waals surface area contributed by atoms with Crippen LogP contribution in [0.2, 0.25) is 0 Å². The van der Waals surface area contributed by atoms with E-state index in [1.54, 1.807) is 0 Å². The lowest BCUT2D eigenvalue weighted by atomic mass is 9.98. The second-order valence-electron chi connectivity index (χ2n) is 6.53. The van der Waals surface area contributed by atoms with Gasteiger partial charge in [-0.2, -0.15) is 0 Å². The first kappa shape index (κ1) is 10.6. The SMILES string of the molecule is CC1NC2(CCCC2)C(=O)N1C1CC1(C)C. The fourth-order valence-corrected chi connectivity index (χ4v) is 3.62. The first-order valence-electron chi connectivity index (χ1n) is 6.57. The third-order valence-corrected chi connectivity index (χ3v) is 4.80. The molecule has 3 nitrogen and oxygen atoms in total. The van der Waals surface area contributed by atoms with Crippen LogP contribution < -0.4 is 5.32 Å². The molecule has 3 fully saturated rings. The highest BCUT2D eigenvalue weighted by Gasteiger charge is 2.60. The van der Waals surface area contributed by atoms with Crippen molar-refractivity contribution < 1.29 is 4.79 Å². The third-order valence-electron chi connectivity index (χ3n) is 4.80. The van der Waals surface area contributed by atoms with Gasteiger partial charge in [0.25, 0.3) is 0 Å². The minimum absolute atomic E-state index is 0.182. The Balaban J connectivity index is 1.84. The van der Waals surface area contributed by atoms with E-state index < -0.39 is 0 Å². The van der Waals surface area contributed by atoms with Crippen molar-refractivity contribution in [1.29, 1.82) is 0 Å². The fourth-order valence-electron chi connectivity index (χ4n) is 3.62. The molecule has 1 N–H and O–H groups in total. The van der Waals surface area contributed by atoms with Crippen LogP contribution >= 0.6 is 0 Å². The molecule has 1 spiro atoms. The van der Waals surface area contributed by atoms with Gasteiger partial charge in [-0.15, -0.1) is 0 Å². The Bertz CT molecular complexity index is 331. The van der Waals surface area contributed by atoms with Crippen molar-refractivity contribution >= 4 is 5.91 Å². The Kier molecular flexibility index (Phi) is 1.99. The predicted molar refractivity (Wildman–Crippen MR) is 62.8 cm³/mol. The van der Waals surface area contributed by atoms with Gasteiger partial charge in [-0.25, -0.2) is 0 Å². The van der Waals surface area contributed by atoms with E-state index in [0.717, 1.165) is 12.8 Å². The van der Waals surface area contributed by atoms with Crippen LogP contribution in [0, 0.1) is 5.41 Å². The van der Waals surface area contributed by atoms with Gasteiger partial charge in [0.05, 0.1) is 11.7 Å². The Morgan fingerprint density at radius 2 is 1.88 bits per heavy atom. The largest absolute Gasteiger partial charge is 0.322 e. The molecule has 0 radical (unpaired) electrons. The highest BCUT2D eigenvalue weighted by molar-refractivity contribution is 5.89. The molecule has 1 saturated heterocycles. The number of carbonyl (C=O) groups is 1. The summed E-state index contributed by atoms with van der Waals surface area (Å²) in [7, 11) is 0. The number of carbonyl (C=O) groups excluding carboxylic acids is 1. The lowest BCUT2D eigenvalue weighted by Crippen LogP contribution is -2.44. The van der Waals surface area contributed by atoms with E-state index in [0.29, 0.717) is 17.4 Å². The van der Waals surface area contributed by atoms with Gasteiger partial charge in [0.1, 0.15) is 0 Å². The van der Waals surface area contributed by atoms with Gasteiger partial charge in [0, 0.05) is 6.04 Å². The van der Waals surface area contributed by atoms with Crippen molar-refractivity contribution in [1.82, 2.24) is 10.2 Å². The molecule has 0 aromatic heterocycles. The molecule has 3 aliphatic rings. The molecule has 16 heavy (non-hydrogen) atoms. The van der Waals surface area contributed by atoms with E-state index in [-0.39, 0.29) is 11.7 Å². The van der Waals surface area contributed by atoms with E-state index in [2.05, 4.69) is 31.0 Å². The van der Waals surface area contributed by atoms with Crippen LogP contribution in [0.3, 0.4) is 0 Å². The van der Waals surface area contributed by atoms with Gasteiger partial charge in [-0.05, 0) is 31.6 Å². The topological polar surface area (TPSA) is 32.3 Å². The first-order chi connectivity index (χ1) is 7.46. The number of hydrogen-bond acceptors (Lipinski definition) is 2. The second-order valence-corrected chi connectivity index (χ2v) is 6.53. The maximum Gasteiger partial charge on any atom is 0.244 e. The maximum absolute atomic E-state index is 12.6. The first-order valence-corrected chi connectivity index (χ1v) is 6.57. The van der Waals surface area contributed by atoms with E-state index in [4.69, 9.17) is 0 Å². The van der Waals surface area contributed by atoms with Crippen LogP contribution in [0.5, 0.6) is 0 Å². The molecule has 0 aromatic rings. The monoisotopic (exact) mass is 222 g/mol. The molecule has 2 unspecified atom stereocenters. The second kappa shape index (κ2) is 3.00. The molecule has 3 rings (SSSR count). The van der Waals surface area contributed by atoms with Crippen molar-refractivity contribution in [2.75, 3.05) is 0 Å². The third kappa shape index (κ3) is 1.27. The molecule has 0 aromatic carbocycles. The van der Waals surface area contributed by atoms with E-state index in [1.807, 2.05) is 0 Å². The summed E-state index contributed by atoms with van der Waals surface area (Å²) in [6.07, 6.45) is 5.89. The van der Waals surface area contributed by atoms with Crippen molar-refractivity contribution in [2.24, 2.45) is 5.41 Å². The van der Waals surface area contributed by atoms with Crippen LogP contribution in [0.4, 0.5) is 0 Å². The zero-order valence-corrected chi connectivity index (χ0v) is 10.5. The summed E-state index contributed by atoms with van der Waals surface area (Å²) in [5.74, 6) is 0.382. The van der Waals surface area contributed by atoms with E-state index in [9.17, 15) is 4.79 Å². The minimum Gasteiger partial charge on any atom is -0.322 e. The lowest BCUT2D eigenvalue weighted by Gasteiger charge is -2.23. The molecule has 2 aliphatic carbocycles. The van der Waals surface area contributed by atoms with Gasteiger partial charge in [-0.1, -0.05) is 26.7 Å². The summed E-state index contributed by atoms with van der Waals surface area (Å²) in [6.45, 7) is 6.66. The van der Waals surface area contributed by atoms with E-state index >= 15 is 0 Å². The standard InChI is InChI=1S/C13H22N2O/c1-9-14-13(6-4-5-7-13)11(16)15(9)10-8-12(10,2)3/h9-10,14H,4-8H2,1-3H3. The van der Waals surface area contributed by atoms with Crippen LogP contribution in [0.15, 0.2) is 0 Å². The maximum atomic E-state index is 12.6. The van der Waals surface area contributed by atoms with Crippen LogP contribution in [-0.4, -0.2) is 28.6 Å². The zero-order chi connectivity index (χ0) is 11.6. The fraction of sp³-hybridized carbons (Fsp3) is 0.923. The number of hydrogen-bond donors (Lipinski definition) is 1. The highest BCUT2D eigenvalue weighted by Crippen LogP contribution is 2.51. The number of nitrogens with zero attached hydrogens (tertiary/aromatic N) is 1. The van der Waals surface area contributed by atoms with Crippen molar-refractivity contribution in [2.45, 2.75) is 70.6 Å². The van der Waals surface area contributed by atoms with Gasteiger partial charge in [-0.3, -0.25) is 10.1 Å². The molecule has 1 heterocycles. The van der Waals surface area contributed by atoms with Crippen LogP contribution in [-0.2, 0) is 4.79 Å². The summed E-state index contributed by atoms with van der Waals surface area (Å²) in [4.78, 5) is 14.7. The van der Waals surface area contributed by atoms with Crippen molar-refractivity contribution in [3.05, 3.63) is 0 Å². The molecule has 2 saturated carbocycles. The highest BCUT2D eigenvalue weighted by atomic mass is 16.2. The van der Waals surface area contributed by atoms with Gasteiger partial charge in [0.15, 0.2) is 0 Å². The normalized spacial score (nSPS) is 39.7. The molecule has 0 bridgehead atoms. The summed E-state index contributed by atoms with van der Waals surface area (Å²) in [5, 5.41) is 3.56. The molecule has 3 heteroatoms. The molecule has 1 amide bonds. The minimum atomic E-state index is -0.182. The van der Waals surface area contributed by atoms with Crippen molar-refractivity contribution in [3.8, 4) is 0 Å². The molecule has 1 aliphatic heterocycles. The van der Waals surface area contributed by atoms with E-state index in [1.165, 1.54) is 19.3 Å². The summed E-state index contributed by atoms with van der Waals surface area (Å²) >= 11 is 0. The summed E-state index contributed by atoms with van der Waals surface area (Å²) in [5.41, 5.74) is 0.161. The Hall–Kier alpha value is -0.570. The molecular weight excluding hydrogens is 200 g/mol. The summed E-state index contributed by atoms with van der Waals surface area (Å²) in [6, 6.07) is 0.475. The molecule has 90 valence electrons. The predicted octanol–water partition coefficient (Wildman–Crippen LogP) is 1.88. The number of rotatable bonds is 1.